The minimum absolute atomic E-state index is 0.00982. The third-order valence-corrected chi connectivity index (χ3v) is 6.17. The molecule has 2 saturated heterocycles. The molecule has 4 rings (SSSR count). The molecule has 1 amide bonds. The number of aryl methyl sites for hydroxylation is 1. The van der Waals surface area contributed by atoms with Crippen molar-refractivity contribution in [2.75, 3.05) is 19.6 Å². The summed E-state index contributed by atoms with van der Waals surface area (Å²) in [5, 5.41) is 3.01. The normalized spacial score (nSPS) is 21.8. The Kier molecular flexibility index (Phi) is 5.78. The van der Waals surface area contributed by atoms with Crippen molar-refractivity contribution in [1.29, 1.82) is 0 Å². The van der Waals surface area contributed by atoms with Gasteiger partial charge >= 0.3 is 0 Å². The molecule has 1 aromatic heterocycles. The maximum absolute atomic E-state index is 12.1. The fourth-order valence-corrected chi connectivity index (χ4v) is 4.38. The van der Waals surface area contributed by atoms with E-state index in [-0.39, 0.29) is 17.6 Å². The van der Waals surface area contributed by atoms with E-state index in [0.717, 1.165) is 45.3 Å². The molecule has 2 aliphatic rings. The second kappa shape index (κ2) is 8.45. The van der Waals surface area contributed by atoms with E-state index in [9.17, 15) is 4.79 Å². The van der Waals surface area contributed by atoms with E-state index < -0.39 is 0 Å². The summed E-state index contributed by atoms with van der Waals surface area (Å²) in [6.45, 7) is 6.28. The number of amides is 1. The minimum atomic E-state index is 0.00982. The van der Waals surface area contributed by atoms with Crippen LogP contribution >= 0.6 is 0 Å². The van der Waals surface area contributed by atoms with E-state index in [0.29, 0.717) is 13.1 Å². The lowest BCUT2D eigenvalue weighted by atomic mass is 9.88. The topological polar surface area (TPSA) is 59.4 Å². The second-order valence-corrected chi connectivity index (χ2v) is 8.20. The third kappa shape index (κ3) is 4.62. The summed E-state index contributed by atoms with van der Waals surface area (Å²) in [6.07, 6.45) is 9.57. The van der Waals surface area contributed by atoms with Crippen molar-refractivity contribution >= 4 is 5.91 Å². The number of imidazole rings is 1. The molecular formula is C22H30N4O2. The average molecular weight is 383 g/mol. The Hall–Kier alpha value is -2.18. The van der Waals surface area contributed by atoms with E-state index in [1.165, 1.54) is 11.1 Å². The van der Waals surface area contributed by atoms with Crippen LogP contribution in [0, 0.1) is 6.92 Å². The predicted molar refractivity (Wildman–Crippen MR) is 108 cm³/mol. The fraction of sp³-hybridized carbons (Fsp3) is 0.545. The van der Waals surface area contributed by atoms with Crippen molar-refractivity contribution < 1.29 is 9.53 Å². The van der Waals surface area contributed by atoms with Crippen LogP contribution in [-0.4, -0.2) is 51.7 Å². The Morgan fingerprint density at radius 2 is 2.11 bits per heavy atom. The second-order valence-electron chi connectivity index (χ2n) is 8.20. The van der Waals surface area contributed by atoms with E-state index in [4.69, 9.17) is 4.74 Å². The standard InChI is InChI=1S/C22H30N4O2/c1-18-4-2-3-5-19(18)15-25-11-8-22(9-12-25)7-6-20(28-22)14-24-21(27)16-26-13-10-23-17-26/h2-5,10,13,17,20H,6-9,11-12,14-16H2,1H3,(H,24,27). The number of likely N-dealkylation sites (tertiary alicyclic amines) is 1. The van der Waals surface area contributed by atoms with Gasteiger partial charge in [-0.25, -0.2) is 4.98 Å². The highest BCUT2D eigenvalue weighted by atomic mass is 16.5. The quantitative estimate of drug-likeness (QED) is 0.834. The van der Waals surface area contributed by atoms with Gasteiger partial charge in [-0.2, -0.15) is 0 Å². The molecule has 150 valence electrons. The van der Waals surface area contributed by atoms with E-state index >= 15 is 0 Å². The first kappa shape index (κ1) is 19.2. The zero-order valence-electron chi connectivity index (χ0n) is 16.6. The molecule has 3 heterocycles. The smallest absolute Gasteiger partial charge is 0.240 e. The number of nitrogens with one attached hydrogen (secondary N) is 1. The van der Waals surface area contributed by atoms with Crippen LogP contribution in [0.3, 0.4) is 0 Å². The van der Waals surface area contributed by atoms with E-state index in [1.54, 1.807) is 23.3 Å². The van der Waals surface area contributed by atoms with Crippen molar-refractivity contribution in [2.24, 2.45) is 0 Å². The van der Waals surface area contributed by atoms with Gasteiger partial charge in [0.1, 0.15) is 6.54 Å². The van der Waals surface area contributed by atoms with Crippen LogP contribution in [0.4, 0.5) is 0 Å². The summed E-state index contributed by atoms with van der Waals surface area (Å²) in [7, 11) is 0. The first-order valence-corrected chi connectivity index (χ1v) is 10.3. The zero-order valence-corrected chi connectivity index (χ0v) is 16.6. The molecule has 28 heavy (non-hydrogen) atoms. The van der Waals surface area contributed by atoms with Gasteiger partial charge in [-0.1, -0.05) is 24.3 Å². The summed E-state index contributed by atoms with van der Waals surface area (Å²) in [5.74, 6) is 0.00982. The molecule has 1 N–H and O–H groups in total. The maximum Gasteiger partial charge on any atom is 0.240 e. The summed E-state index contributed by atoms with van der Waals surface area (Å²) >= 11 is 0. The van der Waals surface area contributed by atoms with Crippen molar-refractivity contribution in [1.82, 2.24) is 19.8 Å². The number of nitrogens with zero attached hydrogens (tertiary/aromatic N) is 3. The Morgan fingerprint density at radius 1 is 1.29 bits per heavy atom. The average Bonchev–Trinajstić information content (AvgIpc) is 3.34. The van der Waals surface area contributed by atoms with Gasteiger partial charge in [0, 0.05) is 38.6 Å². The maximum atomic E-state index is 12.1. The van der Waals surface area contributed by atoms with Crippen LogP contribution in [-0.2, 0) is 22.6 Å². The van der Waals surface area contributed by atoms with E-state index in [2.05, 4.69) is 46.4 Å². The Balaban J connectivity index is 1.21. The fourth-order valence-electron chi connectivity index (χ4n) is 4.38. The molecule has 2 fully saturated rings. The third-order valence-electron chi connectivity index (χ3n) is 6.17. The van der Waals surface area contributed by atoms with E-state index in [1.807, 2.05) is 0 Å². The molecule has 1 unspecified atom stereocenters. The van der Waals surface area contributed by atoms with Gasteiger partial charge in [-0.3, -0.25) is 9.69 Å². The Labute approximate surface area is 166 Å². The van der Waals surface area contributed by atoms with Gasteiger partial charge in [-0.15, -0.1) is 0 Å². The zero-order chi connectivity index (χ0) is 19.4. The number of hydrogen-bond donors (Lipinski definition) is 1. The number of aromatic nitrogens is 2. The van der Waals surface area contributed by atoms with Crippen molar-refractivity contribution in [3.63, 3.8) is 0 Å². The van der Waals surface area contributed by atoms with Crippen LogP contribution < -0.4 is 5.32 Å². The molecule has 6 nitrogen and oxygen atoms in total. The molecule has 6 heteroatoms. The molecular weight excluding hydrogens is 352 g/mol. The molecule has 0 saturated carbocycles. The van der Waals surface area contributed by atoms with Gasteiger partial charge in [-0.05, 0) is 43.7 Å². The molecule has 1 spiro atoms. The van der Waals surface area contributed by atoms with Gasteiger partial charge < -0.3 is 14.6 Å². The number of hydrogen-bond acceptors (Lipinski definition) is 4. The van der Waals surface area contributed by atoms with Gasteiger partial charge in [0.25, 0.3) is 0 Å². The first-order valence-electron chi connectivity index (χ1n) is 10.3. The van der Waals surface area contributed by atoms with Crippen molar-refractivity contribution in [2.45, 2.75) is 57.4 Å². The first-order chi connectivity index (χ1) is 13.6. The van der Waals surface area contributed by atoms with Crippen molar-refractivity contribution in [3.05, 3.63) is 54.1 Å². The SMILES string of the molecule is Cc1ccccc1CN1CCC2(CCC(CNC(=O)Cn3ccnc3)O2)CC1. The summed E-state index contributed by atoms with van der Waals surface area (Å²) < 4.78 is 8.21. The molecule has 2 aromatic rings. The minimum Gasteiger partial charge on any atom is -0.370 e. The van der Waals surface area contributed by atoms with Gasteiger partial charge in [0.05, 0.1) is 18.0 Å². The number of benzene rings is 1. The van der Waals surface area contributed by atoms with Gasteiger partial charge in [0.15, 0.2) is 0 Å². The Morgan fingerprint density at radius 3 is 2.86 bits per heavy atom. The molecule has 0 radical (unpaired) electrons. The summed E-state index contributed by atoms with van der Waals surface area (Å²) in [6, 6.07) is 8.64. The predicted octanol–water partition coefficient (Wildman–Crippen LogP) is 2.52. The van der Waals surface area contributed by atoms with Crippen LogP contribution in [0.15, 0.2) is 43.0 Å². The van der Waals surface area contributed by atoms with Crippen LogP contribution in [0.1, 0.15) is 36.8 Å². The monoisotopic (exact) mass is 382 g/mol. The van der Waals surface area contributed by atoms with Crippen LogP contribution in [0.5, 0.6) is 0 Å². The highest BCUT2D eigenvalue weighted by Gasteiger charge is 2.42. The summed E-state index contributed by atoms with van der Waals surface area (Å²) in [5.41, 5.74) is 2.80. The lowest BCUT2D eigenvalue weighted by Gasteiger charge is -2.39. The Bertz CT molecular complexity index is 782. The number of carbonyl (C=O) groups is 1. The highest BCUT2D eigenvalue weighted by molar-refractivity contribution is 5.75. The number of rotatable bonds is 6. The lowest BCUT2D eigenvalue weighted by molar-refractivity contribution is -0.123. The van der Waals surface area contributed by atoms with Gasteiger partial charge in [0.2, 0.25) is 5.91 Å². The molecule has 1 aromatic carbocycles. The van der Waals surface area contributed by atoms with Crippen molar-refractivity contribution in [3.8, 4) is 0 Å². The summed E-state index contributed by atoms with van der Waals surface area (Å²) in [4.78, 5) is 18.6. The van der Waals surface area contributed by atoms with Crippen LogP contribution in [0.25, 0.3) is 0 Å². The molecule has 0 aliphatic carbocycles. The largest absolute Gasteiger partial charge is 0.370 e. The number of ether oxygens (including phenoxy) is 1. The number of piperidine rings is 1. The number of carbonyl (C=O) groups excluding carboxylic acids is 1. The van der Waals surface area contributed by atoms with Crippen LogP contribution in [0.2, 0.25) is 0 Å². The highest BCUT2D eigenvalue weighted by Crippen LogP contribution is 2.39. The molecule has 1 atom stereocenters. The lowest BCUT2D eigenvalue weighted by Crippen LogP contribution is -2.45. The molecule has 0 bridgehead atoms. The molecule has 2 aliphatic heterocycles.